The number of halogens is 1. The fourth-order valence-electron chi connectivity index (χ4n) is 4.57. The summed E-state index contributed by atoms with van der Waals surface area (Å²) in [5.41, 5.74) is 4.79. The first-order chi connectivity index (χ1) is 16.8. The molecule has 5 rings (SSSR count). The van der Waals surface area contributed by atoms with Crippen LogP contribution in [0.3, 0.4) is 0 Å². The average molecular weight is 549 g/mol. The largest absolute Gasteiger partial charge is 0.336 e. The number of hydrogen-bond donors (Lipinski definition) is 0. The number of nitrogens with zero attached hydrogens (tertiary/aromatic N) is 3. The van der Waals surface area contributed by atoms with E-state index in [1.54, 1.807) is 11.3 Å². The monoisotopic (exact) mass is 547 g/mol. The summed E-state index contributed by atoms with van der Waals surface area (Å²) in [6, 6.07) is 20.8. The third-order valence-electron chi connectivity index (χ3n) is 6.67. The molecule has 6 heteroatoms. The summed E-state index contributed by atoms with van der Waals surface area (Å²) in [6.45, 7) is 10.8. The maximum atomic E-state index is 13.8. The second-order valence-corrected chi connectivity index (χ2v) is 12.1. The first-order valence-corrected chi connectivity index (χ1v) is 13.7. The molecule has 2 aromatic carbocycles. The molecule has 0 bridgehead atoms. The molecule has 0 radical (unpaired) electrons. The molecular weight excluding hydrogens is 518 g/mol. The number of fused-ring (bicyclic) bond motifs is 1. The summed E-state index contributed by atoms with van der Waals surface area (Å²) in [4.78, 5) is 24.5. The lowest BCUT2D eigenvalue weighted by Gasteiger charge is -2.34. The van der Waals surface area contributed by atoms with Crippen LogP contribution in [0.1, 0.15) is 41.6 Å². The first kappa shape index (κ1) is 24.2. The van der Waals surface area contributed by atoms with Gasteiger partial charge in [-0.1, -0.05) is 67.0 Å². The van der Waals surface area contributed by atoms with Crippen LogP contribution in [0.25, 0.3) is 22.2 Å². The summed E-state index contributed by atoms with van der Waals surface area (Å²) >= 11 is 5.37. The SMILES string of the molecule is CC(C)(C)c1ccc(-c2cc(C(=O)N3CCN(Cc4cccs4)CC3)c3cc(Br)ccc3n2)cc1. The Morgan fingerprint density at radius 2 is 1.74 bits per heavy atom. The van der Waals surface area contributed by atoms with Crippen LogP contribution in [-0.2, 0) is 12.0 Å². The topological polar surface area (TPSA) is 36.4 Å². The summed E-state index contributed by atoms with van der Waals surface area (Å²) in [6.07, 6.45) is 0. The fourth-order valence-corrected chi connectivity index (χ4v) is 5.67. The number of thiophene rings is 1. The minimum atomic E-state index is 0.0823. The number of amides is 1. The van der Waals surface area contributed by atoms with E-state index >= 15 is 0 Å². The van der Waals surface area contributed by atoms with Crippen LogP contribution in [0.4, 0.5) is 0 Å². The Morgan fingerprint density at radius 3 is 2.40 bits per heavy atom. The van der Waals surface area contributed by atoms with Gasteiger partial charge in [0.05, 0.1) is 16.8 Å². The molecule has 0 unspecified atom stereocenters. The van der Waals surface area contributed by atoms with E-state index in [4.69, 9.17) is 4.98 Å². The molecule has 35 heavy (non-hydrogen) atoms. The maximum Gasteiger partial charge on any atom is 0.254 e. The summed E-state index contributed by atoms with van der Waals surface area (Å²) in [7, 11) is 0. The lowest BCUT2D eigenvalue weighted by atomic mass is 9.86. The number of carbonyl (C=O) groups excluding carboxylic acids is 1. The molecule has 0 atom stereocenters. The molecule has 0 saturated carbocycles. The van der Waals surface area contributed by atoms with Gasteiger partial charge in [-0.15, -0.1) is 11.3 Å². The van der Waals surface area contributed by atoms with Crippen molar-refractivity contribution in [1.82, 2.24) is 14.8 Å². The Balaban J connectivity index is 1.43. The van der Waals surface area contributed by atoms with Crippen LogP contribution in [0.2, 0.25) is 0 Å². The van der Waals surface area contributed by atoms with E-state index in [2.05, 4.69) is 83.4 Å². The van der Waals surface area contributed by atoms with E-state index in [0.29, 0.717) is 0 Å². The molecule has 0 aliphatic carbocycles. The van der Waals surface area contributed by atoms with Gasteiger partial charge in [-0.25, -0.2) is 4.98 Å². The van der Waals surface area contributed by atoms with Gasteiger partial charge in [-0.05, 0) is 46.7 Å². The lowest BCUT2D eigenvalue weighted by molar-refractivity contribution is 0.0631. The van der Waals surface area contributed by atoms with E-state index in [9.17, 15) is 4.79 Å². The molecule has 1 amide bonds. The third kappa shape index (κ3) is 5.35. The average Bonchev–Trinajstić information content (AvgIpc) is 3.36. The van der Waals surface area contributed by atoms with Crippen molar-refractivity contribution in [3.8, 4) is 11.3 Å². The van der Waals surface area contributed by atoms with Gasteiger partial charge in [0.25, 0.3) is 5.91 Å². The zero-order valence-electron chi connectivity index (χ0n) is 20.4. The van der Waals surface area contributed by atoms with Crippen molar-refractivity contribution in [2.75, 3.05) is 26.2 Å². The highest BCUT2D eigenvalue weighted by molar-refractivity contribution is 9.10. The fraction of sp³-hybridized carbons (Fsp3) is 0.310. The van der Waals surface area contributed by atoms with Crippen molar-refractivity contribution in [3.05, 3.63) is 86.5 Å². The van der Waals surface area contributed by atoms with Crippen molar-refractivity contribution in [2.24, 2.45) is 0 Å². The van der Waals surface area contributed by atoms with Crippen molar-refractivity contribution >= 4 is 44.1 Å². The Bertz CT molecular complexity index is 1340. The van der Waals surface area contributed by atoms with E-state index in [1.807, 2.05) is 29.2 Å². The lowest BCUT2D eigenvalue weighted by Crippen LogP contribution is -2.48. The second-order valence-electron chi connectivity index (χ2n) is 10.2. The highest BCUT2D eigenvalue weighted by Crippen LogP contribution is 2.30. The molecule has 1 fully saturated rings. The molecule has 4 nitrogen and oxygen atoms in total. The Hall–Kier alpha value is -2.54. The molecule has 2 aromatic heterocycles. The number of piperazine rings is 1. The summed E-state index contributed by atoms with van der Waals surface area (Å²) in [5.74, 6) is 0.0823. The molecule has 3 heterocycles. The van der Waals surface area contributed by atoms with Crippen LogP contribution in [0, 0.1) is 0 Å². The number of pyridine rings is 1. The Kier molecular flexibility index (Phi) is 6.80. The highest BCUT2D eigenvalue weighted by Gasteiger charge is 2.25. The summed E-state index contributed by atoms with van der Waals surface area (Å²) in [5, 5.41) is 3.01. The second kappa shape index (κ2) is 9.84. The van der Waals surface area contributed by atoms with E-state index in [0.717, 1.165) is 64.9 Å². The standard InChI is InChI=1S/C29H30BrN3OS/c1-29(2,3)21-8-6-20(7-9-21)27-18-25(24-17-22(30)10-11-26(24)31-27)28(34)33-14-12-32(13-15-33)19-23-5-4-16-35-23/h4-11,16-18H,12-15,19H2,1-3H3. The van der Waals surface area contributed by atoms with Gasteiger partial charge in [-0.3, -0.25) is 9.69 Å². The maximum absolute atomic E-state index is 13.8. The quantitative estimate of drug-likeness (QED) is 0.276. The Labute approximate surface area is 219 Å². The smallest absolute Gasteiger partial charge is 0.254 e. The first-order valence-electron chi connectivity index (χ1n) is 12.0. The van der Waals surface area contributed by atoms with Crippen LogP contribution in [-0.4, -0.2) is 46.9 Å². The van der Waals surface area contributed by atoms with Crippen molar-refractivity contribution in [3.63, 3.8) is 0 Å². The van der Waals surface area contributed by atoms with Crippen LogP contribution in [0.15, 0.2) is 70.5 Å². The summed E-state index contributed by atoms with van der Waals surface area (Å²) < 4.78 is 0.948. The molecule has 0 N–H and O–H groups in total. The number of rotatable bonds is 4. The normalized spacial score (nSPS) is 15.0. The molecular formula is C29H30BrN3OS. The van der Waals surface area contributed by atoms with Gasteiger partial charge in [-0.2, -0.15) is 0 Å². The minimum absolute atomic E-state index is 0.0823. The number of carbonyl (C=O) groups is 1. The predicted octanol–water partition coefficient (Wildman–Crippen LogP) is 6.98. The zero-order valence-corrected chi connectivity index (χ0v) is 22.8. The van der Waals surface area contributed by atoms with Gasteiger partial charge >= 0.3 is 0 Å². The predicted molar refractivity (Wildman–Crippen MR) is 149 cm³/mol. The van der Waals surface area contributed by atoms with E-state index < -0.39 is 0 Å². The van der Waals surface area contributed by atoms with Crippen LogP contribution >= 0.6 is 27.3 Å². The van der Waals surface area contributed by atoms with Crippen molar-refractivity contribution < 1.29 is 4.79 Å². The molecule has 180 valence electrons. The third-order valence-corrected chi connectivity index (χ3v) is 8.02. The van der Waals surface area contributed by atoms with Crippen molar-refractivity contribution in [2.45, 2.75) is 32.7 Å². The molecule has 1 saturated heterocycles. The van der Waals surface area contributed by atoms with E-state index in [1.165, 1.54) is 10.4 Å². The zero-order chi connectivity index (χ0) is 24.6. The van der Waals surface area contributed by atoms with Crippen molar-refractivity contribution in [1.29, 1.82) is 0 Å². The van der Waals surface area contributed by atoms with Gasteiger partial charge in [0.15, 0.2) is 0 Å². The number of aromatic nitrogens is 1. The molecule has 0 spiro atoms. The van der Waals surface area contributed by atoms with Crippen LogP contribution in [0.5, 0.6) is 0 Å². The van der Waals surface area contributed by atoms with Gasteiger partial charge in [0.1, 0.15) is 0 Å². The Morgan fingerprint density at radius 1 is 1.00 bits per heavy atom. The molecule has 4 aromatic rings. The highest BCUT2D eigenvalue weighted by atomic mass is 79.9. The number of benzene rings is 2. The van der Waals surface area contributed by atoms with Gasteiger partial charge in [0.2, 0.25) is 0 Å². The van der Waals surface area contributed by atoms with Gasteiger partial charge < -0.3 is 4.90 Å². The van der Waals surface area contributed by atoms with Gasteiger partial charge in [0, 0.05) is 53.0 Å². The molecule has 1 aliphatic rings. The van der Waals surface area contributed by atoms with E-state index in [-0.39, 0.29) is 11.3 Å². The molecule has 1 aliphatic heterocycles. The van der Waals surface area contributed by atoms with Crippen LogP contribution < -0.4 is 0 Å². The number of hydrogen-bond acceptors (Lipinski definition) is 4. The minimum Gasteiger partial charge on any atom is -0.336 e.